The van der Waals surface area contributed by atoms with Gasteiger partial charge in [0.15, 0.2) is 5.79 Å². The van der Waals surface area contributed by atoms with Crippen molar-refractivity contribution in [3.8, 4) is 0 Å². The molecule has 0 bridgehead atoms. The first kappa shape index (κ1) is 22.5. The van der Waals surface area contributed by atoms with Gasteiger partial charge in [0.2, 0.25) is 0 Å². The van der Waals surface area contributed by atoms with Crippen LogP contribution in [0.4, 0.5) is 0 Å². The molecule has 1 spiro atoms. The van der Waals surface area contributed by atoms with Gasteiger partial charge in [-0.05, 0) is 31.0 Å². The molecule has 0 N–H and O–H groups in total. The highest BCUT2D eigenvalue weighted by Crippen LogP contribution is 2.37. The van der Waals surface area contributed by atoms with Gasteiger partial charge in [0.25, 0.3) is 5.91 Å². The molecule has 0 radical (unpaired) electrons. The molecular weight excluding hydrogens is 438 g/mol. The fraction of sp³-hybridized carbons (Fsp3) is 0.462. The molecule has 2 saturated heterocycles. The molecule has 0 aliphatic carbocycles. The van der Waals surface area contributed by atoms with Gasteiger partial charge in [0.1, 0.15) is 0 Å². The number of amides is 1. The third-order valence-corrected chi connectivity index (χ3v) is 7.26. The Morgan fingerprint density at radius 2 is 1.85 bits per heavy atom. The topological polar surface area (TPSA) is 54.4 Å². The maximum Gasteiger partial charge on any atom is 0.257 e. The minimum Gasteiger partial charge on any atom is -0.347 e. The third kappa shape index (κ3) is 4.58. The van der Waals surface area contributed by atoms with Gasteiger partial charge in [-0.25, -0.2) is 5.01 Å². The monoisotopic (exact) mass is 467 g/mol. The molecule has 33 heavy (non-hydrogen) atoms. The molecule has 2 fully saturated rings. The molecule has 5 rings (SSSR count). The Labute approximate surface area is 200 Å². The van der Waals surface area contributed by atoms with Gasteiger partial charge in [-0.1, -0.05) is 53.6 Å². The first-order chi connectivity index (χ1) is 15.9. The van der Waals surface area contributed by atoms with Gasteiger partial charge >= 0.3 is 0 Å². The highest BCUT2D eigenvalue weighted by molar-refractivity contribution is 6.31. The standard InChI is InChI=1S/C26H30ClN3O3/c1-18-7-8-20(19(2)15-18)23-16-24(21-5-3-4-6-22(21)27)30(28-23)25(31)17-29-11-9-26(10-12-29)32-13-14-33-26/h3-8,15,24H,9-14,16-17H2,1-2H3/t24-/m0/s1. The van der Waals surface area contributed by atoms with E-state index in [9.17, 15) is 4.79 Å². The Morgan fingerprint density at radius 1 is 1.12 bits per heavy atom. The molecule has 0 saturated carbocycles. The van der Waals surface area contributed by atoms with Crippen LogP contribution in [0.2, 0.25) is 5.02 Å². The van der Waals surface area contributed by atoms with E-state index in [1.54, 1.807) is 5.01 Å². The molecule has 3 heterocycles. The Morgan fingerprint density at radius 3 is 2.55 bits per heavy atom. The van der Waals surface area contributed by atoms with Crippen LogP contribution in [-0.4, -0.2) is 60.2 Å². The lowest BCUT2D eigenvalue weighted by Gasteiger charge is -2.37. The number of halogens is 1. The van der Waals surface area contributed by atoms with Crippen LogP contribution in [0.1, 0.15) is 47.6 Å². The van der Waals surface area contributed by atoms with Crippen molar-refractivity contribution in [2.24, 2.45) is 5.10 Å². The molecule has 0 unspecified atom stereocenters. The number of carbonyl (C=O) groups excluding carboxylic acids is 1. The van der Waals surface area contributed by atoms with E-state index < -0.39 is 5.79 Å². The number of ether oxygens (including phenoxy) is 2. The van der Waals surface area contributed by atoms with Crippen molar-refractivity contribution in [2.75, 3.05) is 32.8 Å². The zero-order valence-corrected chi connectivity index (χ0v) is 20.0. The van der Waals surface area contributed by atoms with Gasteiger partial charge < -0.3 is 9.47 Å². The fourth-order valence-corrected chi connectivity index (χ4v) is 5.39. The summed E-state index contributed by atoms with van der Waals surface area (Å²) in [7, 11) is 0. The van der Waals surface area contributed by atoms with E-state index >= 15 is 0 Å². The second-order valence-electron chi connectivity index (χ2n) is 9.23. The predicted molar refractivity (Wildman–Crippen MR) is 128 cm³/mol. The van der Waals surface area contributed by atoms with Crippen molar-refractivity contribution in [3.05, 3.63) is 69.7 Å². The van der Waals surface area contributed by atoms with Crippen LogP contribution >= 0.6 is 11.6 Å². The van der Waals surface area contributed by atoms with Crippen LogP contribution in [0.25, 0.3) is 0 Å². The minimum atomic E-state index is -0.443. The highest BCUT2D eigenvalue weighted by Gasteiger charge is 2.41. The first-order valence-corrected chi connectivity index (χ1v) is 12.0. The Hall–Kier alpha value is -2.25. The average Bonchev–Trinajstić information content (AvgIpc) is 3.44. The Balaban J connectivity index is 1.37. The van der Waals surface area contributed by atoms with Gasteiger partial charge in [-0.2, -0.15) is 5.10 Å². The SMILES string of the molecule is Cc1ccc(C2=NN(C(=O)CN3CCC4(CC3)OCCO4)[C@H](c3ccccc3Cl)C2)c(C)c1. The number of nitrogens with zero attached hydrogens (tertiary/aromatic N) is 3. The number of hydrazone groups is 1. The molecule has 1 atom stereocenters. The van der Waals surface area contributed by atoms with Crippen LogP contribution in [0.5, 0.6) is 0 Å². The van der Waals surface area contributed by atoms with Gasteiger partial charge in [-0.15, -0.1) is 0 Å². The number of aryl methyl sites for hydroxylation is 2. The summed E-state index contributed by atoms with van der Waals surface area (Å²) in [6.07, 6.45) is 2.21. The second-order valence-corrected chi connectivity index (χ2v) is 9.64. The molecule has 174 valence electrons. The van der Waals surface area contributed by atoms with Crippen molar-refractivity contribution < 1.29 is 14.3 Å². The van der Waals surface area contributed by atoms with Gasteiger partial charge in [0.05, 0.1) is 31.5 Å². The highest BCUT2D eigenvalue weighted by atomic mass is 35.5. The van der Waals surface area contributed by atoms with Crippen LogP contribution in [0, 0.1) is 13.8 Å². The van der Waals surface area contributed by atoms with Crippen molar-refractivity contribution in [3.63, 3.8) is 0 Å². The quantitative estimate of drug-likeness (QED) is 0.665. The van der Waals surface area contributed by atoms with Crippen LogP contribution in [0.3, 0.4) is 0 Å². The summed E-state index contributed by atoms with van der Waals surface area (Å²) in [6, 6.07) is 13.9. The molecule has 3 aliphatic rings. The molecule has 7 heteroatoms. The number of carbonyl (C=O) groups is 1. The number of benzene rings is 2. The van der Waals surface area contributed by atoms with Crippen LogP contribution in [-0.2, 0) is 14.3 Å². The predicted octanol–water partition coefficient (Wildman–Crippen LogP) is 4.47. The molecule has 6 nitrogen and oxygen atoms in total. The summed E-state index contributed by atoms with van der Waals surface area (Å²) in [5.74, 6) is -0.453. The number of hydrogen-bond donors (Lipinski definition) is 0. The average molecular weight is 468 g/mol. The normalized spacial score (nSPS) is 22.7. The van der Waals surface area contributed by atoms with E-state index in [-0.39, 0.29) is 11.9 Å². The summed E-state index contributed by atoms with van der Waals surface area (Å²) in [5.41, 5.74) is 5.32. The molecule has 1 amide bonds. The van der Waals surface area contributed by atoms with E-state index in [0.717, 1.165) is 42.8 Å². The second kappa shape index (κ2) is 9.18. The van der Waals surface area contributed by atoms with E-state index in [2.05, 4.69) is 36.9 Å². The number of hydrogen-bond acceptors (Lipinski definition) is 5. The van der Waals surface area contributed by atoms with Gasteiger partial charge in [0, 0.05) is 42.9 Å². The zero-order valence-electron chi connectivity index (χ0n) is 19.2. The summed E-state index contributed by atoms with van der Waals surface area (Å²) < 4.78 is 11.6. The lowest BCUT2D eigenvalue weighted by molar-refractivity contribution is -0.186. The maximum absolute atomic E-state index is 13.5. The minimum absolute atomic E-state index is 0.0103. The Kier molecular flexibility index (Phi) is 6.27. The smallest absolute Gasteiger partial charge is 0.257 e. The lowest BCUT2D eigenvalue weighted by atomic mass is 9.95. The van der Waals surface area contributed by atoms with E-state index in [0.29, 0.717) is 31.2 Å². The largest absolute Gasteiger partial charge is 0.347 e. The number of rotatable bonds is 4. The number of likely N-dealkylation sites (tertiary alicyclic amines) is 1. The molecule has 2 aromatic rings. The molecule has 0 aromatic heterocycles. The fourth-order valence-electron chi connectivity index (χ4n) is 5.13. The van der Waals surface area contributed by atoms with Crippen LogP contribution < -0.4 is 0 Å². The Bertz CT molecular complexity index is 1070. The van der Waals surface area contributed by atoms with Crippen molar-refractivity contribution in [1.82, 2.24) is 9.91 Å². The van der Waals surface area contributed by atoms with Gasteiger partial charge in [-0.3, -0.25) is 9.69 Å². The maximum atomic E-state index is 13.5. The third-order valence-electron chi connectivity index (χ3n) is 6.91. The van der Waals surface area contributed by atoms with E-state index in [4.69, 9.17) is 26.2 Å². The van der Waals surface area contributed by atoms with Crippen molar-refractivity contribution in [1.29, 1.82) is 0 Å². The van der Waals surface area contributed by atoms with Crippen molar-refractivity contribution in [2.45, 2.75) is 44.9 Å². The summed E-state index contributed by atoms with van der Waals surface area (Å²) in [6.45, 7) is 7.34. The molecular formula is C26H30ClN3O3. The van der Waals surface area contributed by atoms with E-state index in [1.807, 2.05) is 24.3 Å². The summed E-state index contributed by atoms with van der Waals surface area (Å²) in [5, 5.41) is 7.17. The molecule has 3 aliphatic heterocycles. The van der Waals surface area contributed by atoms with E-state index in [1.165, 1.54) is 11.1 Å². The van der Waals surface area contributed by atoms with Crippen molar-refractivity contribution >= 4 is 23.2 Å². The molecule has 2 aromatic carbocycles. The number of piperidine rings is 1. The summed E-state index contributed by atoms with van der Waals surface area (Å²) in [4.78, 5) is 15.7. The summed E-state index contributed by atoms with van der Waals surface area (Å²) >= 11 is 6.55. The lowest BCUT2D eigenvalue weighted by Crippen LogP contribution is -2.48. The first-order valence-electron chi connectivity index (χ1n) is 11.7. The zero-order chi connectivity index (χ0) is 23.0. The van der Waals surface area contributed by atoms with Crippen LogP contribution in [0.15, 0.2) is 47.6 Å².